The van der Waals surface area contributed by atoms with Crippen molar-refractivity contribution in [2.75, 3.05) is 0 Å². The number of hydrogen-bond acceptors (Lipinski definition) is 2. The maximum Gasteiger partial charge on any atom is 0.302 e. The fourth-order valence-corrected chi connectivity index (χ4v) is 1.51. The summed E-state index contributed by atoms with van der Waals surface area (Å²) in [4.78, 5) is 10.8. The molecule has 0 spiro atoms. The van der Waals surface area contributed by atoms with Crippen molar-refractivity contribution in [2.45, 2.75) is 65.9 Å². The summed E-state index contributed by atoms with van der Waals surface area (Å²) in [6, 6.07) is 0. The lowest BCUT2D eigenvalue weighted by Crippen LogP contribution is -2.20. The van der Waals surface area contributed by atoms with Crippen molar-refractivity contribution in [3.63, 3.8) is 0 Å². The standard InChI is InChI=1S/C14H26O2/c1-5-6-7-8-9-10-11-12(2)13(3)16-14(4)15/h9-10,12-13H,5-8,11H2,1-4H3. The highest BCUT2D eigenvalue weighted by molar-refractivity contribution is 5.66. The molecule has 0 N–H and O–H groups in total. The molecule has 0 aliphatic rings. The lowest BCUT2D eigenvalue weighted by atomic mass is 10.0. The molecule has 0 aromatic heterocycles. The monoisotopic (exact) mass is 226 g/mol. The van der Waals surface area contributed by atoms with Crippen LogP contribution in [0.25, 0.3) is 0 Å². The van der Waals surface area contributed by atoms with Crippen LogP contribution in [0.5, 0.6) is 0 Å². The molecule has 0 aromatic carbocycles. The van der Waals surface area contributed by atoms with Crippen molar-refractivity contribution in [2.24, 2.45) is 5.92 Å². The summed E-state index contributed by atoms with van der Waals surface area (Å²) in [5, 5.41) is 0. The molecule has 0 heterocycles. The molecule has 0 radical (unpaired) electrons. The largest absolute Gasteiger partial charge is 0.463 e. The second-order valence-corrected chi connectivity index (χ2v) is 4.49. The number of esters is 1. The van der Waals surface area contributed by atoms with Gasteiger partial charge in [0.2, 0.25) is 0 Å². The second-order valence-electron chi connectivity index (χ2n) is 4.49. The van der Waals surface area contributed by atoms with Gasteiger partial charge in [-0.25, -0.2) is 0 Å². The van der Waals surface area contributed by atoms with Crippen LogP contribution in [0.4, 0.5) is 0 Å². The molecule has 0 amide bonds. The summed E-state index contributed by atoms with van der Waals surface area (Å²) < 4.78 is 5.13. The van der Waals surface area contributed by atoms with E-state index in [1.165, 1.54) is 32.6 Å². The van der Waals surface area contributed by atoms with Crippen LogP contribution in [0.1, 0.15) is 59.8 Å². The Hall–Kier alpha value is -0.790. The van der Waals surface area contributed by atoms with Crippen LogP contribution in [-0.2, 0) is 9.53 Å². The van der Waals surface area contributed by atoms with Crippen molar-refractivity contribution >= 4 is 5.97 Å². The predicted octanol–water partition coefficient (Wildman–Crippen LogP) is 4.10. The van der Waals surface area contributed by atoms with Gasteiger partial charge in [0.15, 0.2) is 0 Å². The van der Waals surface area contributed by atoms with Crippen molar-refractivity contribution in [3.8, 4) is 0 Å². The Morgan fingerprint density at radius 2 is 1.94 bits per heavy atom. The van der Waals surface area contributed by atoms with E-state index >= 15 is 0 Å². The fraction of sp³-hybridized carbons (Fsp3) is 0.786. The first-order valence-corrected chi connectivity index (χ1v) is 6.40. The summed E-state index contributed by atoms with van der Waals surface area (Å²) in [6.45, 7) is 7.75. The predicted molar refractivity (Wildman–Crippen MR) is 68.3 cm³/mol. The Labute approximate surface area is 100 Å². The van der Waals surface area contributed by atoms with Gasteiger partial charge in [-0.15, -0.1) is 0 Å². The van der Waals surface area contributed by atoms with Crippen molar-refractivity contribution in [1.29, 1.82) is 0 Å². The van der Waals surface area contributed by atoms with E-state index in [0.29, 0.717) is 5.92 Å². The molecule has 94 valence electrons. The topological polar surface area (TPSA) is 26.3 Å². The van der Waals surface area contributed by atoms with E-state index < -0.39 is 0 Å². The molecule has 0 saturated carbocycles. The molecule has 0 saturated heterocycles. The fourth-order valence-electron chi connectivity index (χ4n) is 1.51. The zero-order valence-electron chi connectivity index (χ0n) is 11.2. The molecule has 2 nitrogen and oxygen atoms in total. The van der Waals surface area contributed by atoms with Gasteiger partial charge in [-0.05, 0) is 32.1 Å². The first kappa shape index (κ1) is 15.2. The Morgan fingerprint density at radius 1 is 1.25 bits per heavy atom. The quantitative estimate of drug-likeness (QED) is 0.354. The summed E-state index contributed by atoms with van der Waals surface area (Å²) in [5.41, 5.74) is 0. The number of unbranched alkanes of at least 4 members (excludes halogenated alkanes) is 3. The smallest absolute Gasteiger partial charge is 0.302 e. The van der Waals surface area contributed by atoms with Crippen LogP contribution in [-0.4, -0.2) is 12.1 Å². The minimum atomic E-state index is -0.189. The number of hydrogen-bond donors (Lipinski definition) is 0. The highest BCUT2D eigenvalue weighted by atomic mass is 16.5. The molecular weight excluding hydrogens is 200 g/mol. The van der Waals surface area contributed by atoms with Crippen LogP contribution in [0, 0.1) is 5.92 Å². The number of carbonyl (C=O) groups is 1. The number of carbonyl (C=O) groups excluding carboxylic acids is 1. The van der Waals surface area contributed by atoms with Crippen molar-refractivity contribution < 1.29 is 9.53 Å². The van der Waals surface area contributed by atoms with E-state index in [2.05, 4.69) is 26.0 Å². The normalized spacial score (nSPS) is 15.0. The van der Waals surface area contributed by atoms with Gasteiger partial charge in [0.1, 0.15) is 6.10 Å². The van der Waals surface area contributed by atoms with Crippen molar-refractivity contribution in [3.05, 3.63) is 12.2 Å². The van der Waals surface area contributed by atoms with Crippen molar-refractivity contribution in [1.82, 2.24) is 0 Å². The molecular formula is C14H26O2. The van der Waals surface area contributed by atoms with Crippen LogP contribution < -0.4 is 0 Å². The maximum absolute atomic E-state index is 10.8. The van der Waals surface area contributed by atoms with Gasteiger partial charge in [-0.1, -0.05) is 38.8 Å². The van der Waals surface area contributed by atoms with Crippen LogP contribution >= 0.6 is 0 Å². The first-order chi connectivity index (χ1) is 7.57. The van der Waals surface area contributed by atoms with Crippen LogP contribution in [0.3, 0.4) is 0 Å². The molecule has 2 atom stereocenters. The van der Waals surface area contributed by atoms with Gasteiger partial charge in [-0.2, -0.15) is 0 Å². The zero-order valence-corrected chi connectivity index (χ0v) is 11.2. The lowest BCUT2D eigenvalue weighted by Gasteiger charge is -2.17. The van der Waals surface area contributed by atoms with Gasteiger partial charge in [0, 0.05) is 6.92 Å². The van der Waals surface area contributed by atoms with Gasteiger partial charge in [0.05, 0.1) is 0 Å². The van der Waals surface area contributed by atoms with Gasteiger partial charge in [-0.3, -0.25) is 4.79 Å². The third-order valence-corrected chi connectivity index (χ3v) is 2.80. The minimum Gasteiger partial charge on any atom is -0.463 e. The van der Waals surface area contributed by atoms with E-state index in [1.807, 2.05) is 6.92 Å². The Balaban J connectivity index is 3.62. The SMILES string of the molecule is CCCCCC=CCC(C)C(C)OC(C)=O. The van der Waals surface area contributed by atoms with Gasteiger partial charge < -0.3 is 4.74 Å². The van der Waals surface area contributed by atoms with E-state index in [-0.39, 0.29) is 12.1 Å². The number of ether oxygens (including phenoxy) is 1. The van der Waals surface area contributed by atoms with E-state index in [4.69, 9.17) is 4.74 Å². The average Bonchev–Trinajstić information content (AvgIpc) is 2.21. The molecule has 2 unspecified atom stereocenters. The molecule has 0 aliphatic carbocycles. The highest BCUT2D eigenvalue weighted by Crippen LogP contribution is 2.12. The van der Waals surface area contributed by atoms with E-state index in [9.17, 15) is 4.79 Å². The zero-order chi connectivity index (χ0) is 12.4. The molecule has 0 bridgehead atoms. The highest BCUT2D eigenvalue weighted by Gasteiger charge is 2.12. The molecule has 0 rings (SSSR count). The summed E-state index contributed by atoms with van der Waals surface area (Å²) in [7, 11) is 0. The number of rotatable bonds is 8. The van der Waals surface area contributed by atoms with Gasteiger partial charge >= 0.3 is 5.97 Å². The molecule has 0 fully saturated rings. The third-order valence-electron chi connectivity index (χ3n) is 2.80. The lowest BCUT2D eigenvalue weighted by molar-refractivity contribution is -0.147. The van der Waals surface area contributed by atoms with Crippen LogP contribution in [0.2, 0.25) is 0 Å². The first-order valence-electron chi connectivity index (χ1n) is 6.40. The molecule has 0 aliphatic heterocycles. The summed E-state index contributed by atoms with van der Waals surface area (Å²) >= 11 is 0. The molecule has 0 aromatic rings. The van der Waals surface area contributed by atoms with Gasteiger partial charge in [0.25, 0.3) is 0 Å². The minimum absolute atomic E-state index is 0.0118. The number of allylic oxidation sites excluding steroid dienone is 2. The van der Waals surface area contributed by atoms with Crippen LogP contribution in [0.15, 0.2) is 12.2 Å². The maximum atomic E-state index is 10.8. The van der Waals surface area contributed by atoms with E-state index in [1.54, 1.807) is 0 Å². The Kier molecular flexibility index (Phi) is 8.97. The Bertz CT molecular complexity index is 209. The average molecular weight is 226 g/mol. The Morgan fingerprint density at radius 3 is 2.50 bits per heavy atom. The second kappa shape index (κ2) is 9.44. The third kappa shape index (κ3) is 8.51. The molecule has 2 heteroatoms. The molecule has 16 heavy (non-hydrogen) atoms. The van der Waals surface area contributed by atoms with E-state index in [0.717, 1.165) is 6.42 Å². The summed E-state index contributed by atoms with van der Waals surface area (Å²) in [5.74, 6) is 0.206. The summed E-state index contributed by atoms with van der Waals surface area (Å²) in [6.07, 6.45) is 10.5.